The van der Waals surface area contributed by atoms with Gasteiger partial charge in [-0.15, -0.1) is 0 Å². The lowest BCUT2D eigenvalue weighted by molar-refractivity contribution is 0.416. The van der Waals surface area contributed by atoms with Gasteiger partial charge in [-0.25, -0.2) is 4.98 Å². The molecule has 1 unspecified atom stereocenters. The first-order valence-corrected chi connectivity index (χ1v) is 5.16. The highest BCUT2D eigenvalue weighted by atomic mass is 16.5. The van der Waals surface area contributed by atoms with Crippen molar-refractivity contribution in [2.75, 3.05) is 7.11 Å². The average Bonchev–Trinajstić information content (AvgIpc) is 2.78. The number of aromatic nitrogens is 2. The second-order valence-electron chi connectivity index (χ2n) is 3.67. The molecule has 84 valence electrons. The Hall–Kier alpha value is -1.81. The molecule has 3 N–H and O–H groups in total. The normalized spacial score (nSPS) is 12.4. The molecule has 1 aromatic carbocycles. The van der Waals surface area contributed by atoms with Gasteiger partial charge in [0.1, 0.15) is 11.6 Å². The number of H-pyrrole nitrogens is 1. The van der Waals surface area contributed by atoms with Gasteiger partial charge in [0.05, 0.1) is 25.0 Å². The van der Waals surface area contributed by atoms with E-state index in [0.717, 1.165) is 22.8 Å². The van der Waals surface area contributed by atoms with E-state index in [-0.39, 0.29) is 6.04 Å². The maximum Gasteiger partial charge on any atom is 0.128 e. The highest BCUT2D eigenvalue weighted by Crippen LogP contribution is 2.28. The zero-order chi connectivity index (χ0) is 11.5. The standard InChI is InChI=1S/C12H15N3O/c1-8(13)12-14-7-10(15-12)9-5-3-4-6-11(9)16-2/h3-8H,13H2,1-2H3,(H,14,15). The van der Waals surface area contributed by atoms with Crippen LogP contribution in [0, 0.1) is 0 Å². The number of aromatic amines is 1. The zero-order valence-electron chi connectivity index (χ0n) is 9.40. The summed E-state index contributed by atoms with van der Waals surface area (Å²) in [7, 11) is 1.65. The minimum atomic E-state index is -0.0940. The molecule has 1 aromatic heterocycles. The van der Waals surface area contributed by atoms with Crippen LogP contribution in [0.1, 0.15) is 18.8 Å². The number of ether oxygens (including phenoxy) is 1. The van der Waals surface area contributed by atoms with Gasteiger partial charge < -0.3 is 15.5 Å². The first-order chi connectivity index (χ1) is 7.72. The number of rotatable bonds is 3. The van der Waals surface area contributed by atoms with Crippen LogP contribution in [-0.2, 0) is 0 Å². The van der Waals surface area contributed by atoms with Crippen LogP contribution in [0.3, 0.4) is 0 Å². The summed E-state index contributed by atoms with van der Waals surface area (Å²) in [6, 6.07) is 7.71. The SMILES string of the molecule is COc1ccccc1-c1cnc(C(C)N)[nH]1. The summed E-state index contributed by atoms with van der Waals surface area (Å²) in [4.78, 5) is 7.42. The van der Waals surface area contributed by atoms with Gasteiger partial charge in [0.25, 0.3) is 0 Å². The molecule has 4 heteroatoms. The lowest BCUT2D eigenvalue weighted by atomic mass is 10.1. The highest BCUT2D eigenvalue weighted by Gasteiger charge is 2.09. The third-order valence-electron chi connectivity index (χ3n) is 2.42. The molecule has 0 aliphatic rings. The van der Waals surface area contributed by atoms with E-state index in [9.17, 15) is 0 Å². The first-order valence-electron chi connectivity index (χ1n) is 5.16. The summed E-state index contributed by atoms with van der Waals surface area (Å²) in [6.45, 7) is 1.89. The molecule has 0 aliphatic carbocycles. The lowest BCUT2D eigenvalue weighted by Crippen LogP contribution is -2.06. The van der Waals surface area contributed by atoms with E-state index in [0.29, 0.717) is 0 Å². The number of benzene rings is 1. The van der Waals surface area contributed by atoms with Crippen molar-refractivity contribution in [2.45, 2.75) is 13.0 Å². The molecule has 2 rings (SSSR count). The predicted octanol–water partition coefficient (Wildman–Crippen LogP) is 2.10. The Labute approximate surface area is 94.5 Å². The number of methoxy groups -OCH3 is 1. The third-order valence-corrected chi connectivity index (χ3v) is 2.42. The zero-order valence-corrected chi connectivity index (χ0v) is 9.40. The van der Waals surface area contributed by atoms with Crippen molar-refractivity contribution in [3.8, 4) is 17.0 Å². The number of para-hydroxylation sites is 1. The summed E-state index contributed by atoms with van der Waals surface area (Å²) in [5.74, 6) is 1.60. The molecule has 1 atom stereocenters. The van der Waals surface area contributed by atoms with E-state index in [1.165, 1.54) is 0 Å². The van der Waals surface area contributed by atoms with E-state index >= 15 is 0 Å². The van der Waals surface area contributed by atoms with Gasteiger partial charge in [0.15, 0.2) is 0 Å². The molecule has 16 heavy (non-hydrogen) atoms. The summed E-state index contributed by atoms with van der Waals surface area (Å²) in [5.41, 5.74) is 7.66. The van der Waals surface area contributed by atoms with Gasteiger partial charge in [0, 0.05) is 5.56 Å². The fourth-order valence-electron chi connectivity index (χ4n) is 1.57. The van der Waals surface area contributed by atoms with Gasteiger partial charge >= 0.3 is 0 Å². The molecule has 0 radical (unpaired) electrons. The van der Waals surface area contributed by atoms with Crippen molar-refractivity contribution in [3.05, 3.63) is 36.3 Å². The van der Waals surface area contributed by atoms with Crippen molar-refractivity contribution >= 4 is 0 Å². The Morgan fingerprint density at radius 1 is 1.38 bits per heavy atom. The van der Waals surface area contributed by atoms with Crippen LogP contribution >= 0.6 is 0 Å². The van der Waals surface area contributed by atoms with Crippen molar-refractivity contribution in [3.63, 3.8) is 0 Å². The summed E-state index contributed by atoms with van der Waals surface area (Å²) in [5, 5.41) is 0. The van der Waals surface area contributed by atoms with Crippen LogP contribution in [0.5, 0.6) is 5.75 Å². The van der Waals surface area contributed by atoms with Crippen molar-refractivity contribution in [2.24, 2.45) is 5.73 Å². The van der Waals surface area contributed by atoms with E-state index in [4.69, 9.17) is 10.5 Å². The molecule has 1 heterocycles. The molecule has 0 saturated heterocycles. The van der Waals surface area contributed by atoms with Crippen LogP contribution in [0.15, 0.2) is 30.5 Å². The van der Waals surface area contributed by atoms with Gasteiger partial charge in [-0.2, -0.15) is 0 Å². The Bertz CT molecular complexity index is 477. The largest absolute Gasteiger partial charge is 0.496 e. The molecular formula is C12H15N3O. The Balaban J connectivity index is 2.42. The minimum Gasteiger partial charge on any atom is -0.496 e. The van der Waals surface area contributed by atoms with Crippen molar-refractivity contribution < 1.29 is 4.74 Å². The number of hydrogen-bond acceptors (Lipinski definition) is 3. The first kappa shape index (κ1) is 10.7. The van der Waals surface area contributed by atoms with Crippen LogP contribution in [0.2, 0.25) is 0 Å². The van der Waals surface area contributed by atoms with Gasteiger partial charge in [-0.3, -0.25) is 0 Å². The monoisotopic (exact) mass is 217 g/mol. The average molecular weight is 217 g/mol. The fourth-order valence-corrected chi connectivity index (χ4v) is 1.57. The second-order valence-corrected chi connectivity index (χ2v) is 3.67. The van der Waals surface area contributed by atoms with E-state index < -0.39 is 0 Å². The maximum absolute atomic E-state index is 5.75. The number of nitrogens with one attached hydrogen (secondary N) is 1. The molecule has 0 saturated carbocycles. The molecule has 4 nitrogen and oxygen atoms in total. The van der Waals surface area contributed by atoms with Gasteiger partial charge in [-0.05, 0) is 19.1 Å². The Morgan fingerprint density at radius 2 is 2.12 bits per heavy atom. The number of hydrogen-bond donors (Lipinski definition) is 2. The predicted molar refractivity (Wildman–Crippen MR) is 63.2 cm³/mol. The summed E-state index contributed by atoms with van der Waals surface area (Å²) >= 11 is 0. The van der Waals surface area contributed by atoms with E-state index in [2.05, 4.69) is 9.97 Å². The smallest absolute Gasteiger partial charge is 0.128 e. The van der Waals surface area contributed by atoms with Crippen LogP contribution in [0.25, 0.3) is 11.3 Å². The maximum atomic E-state index is 5.75. The van der Waals surface area contributed by atoms with Crippen molar-refractivity contribution in [1.82, 2.24) is 9.97 Å². The minimum absolute atomic E-state index is 0.0940. The number of nitrogens with zero attached hydrogens (tertiary/aromatic N) is 1. The fraction of sp³-hybridized carbons (Fsp3) is 0.250. The van der Waals surface area contributed by atoms with Crippen LogP contribution < -0.4 is 10.5 Å². The van der Waals surface area contributed by atoms with Crippen LogP contribution in [0.4, 0.5) is 0 Å². The molecule has 2 aromatic rings. The molecule has 0 fully saturated rings. The summed E-state index contributed by atoms with van der Waals surface area (Å²) in [6.07, 6.45) is 1.77. The molecule has 0 bridgehead atoms. The quantitative estimate of drug-likeness (QED) is 0.827. The summed E-state index contributed by atoms with van der Waals surface area (Å²) < 4.78 is 5.29. The Kier molecular flexibility index (Phi) is 2.92. The Morgan fingerprint density at radius 3 is 2.75 bits per heavy atom. The molecule has 0 amide bonds. The van der Waals surface area contributed by atoms with Crippen LogP contribution in [-0.4, -0.2) is 17.1 Å². The van der Waals surface area contributed by atoms with Gasteiger partial charge in [-0.1, -0.05) is 12.1 Å². The van der Waals surface area contributed by atoms with E-state index in [1.807, 2.05) is 31.2 Å². The molecule has 0 aliphatic heterocycles. The number of nitrogens with two attached hydrogens (primary N) is 1. The molecule has 0 spiro atoms. The van der Waals surface area contributed by atoms with Crippen molar-refractivity contribution in [1.29, 1.82) is 0 Å². The van der Waals surface area contributed by atoms with Gasteiger partial charge in [0.2, 0.25) is 0 Å². The highest BCUT2D eigenvalue weighted by molar-refractivity contribution is 5.66. The molecular weight excluding hydrogens is 202 g/mol. The third kappa shape index (κ3) is 1.92. The number of imidazole rings is 1. The lowest BCUT2D eigenvalue weighted by Gasteiger charge is -2.05. The second kappa shape index (κ2) is 4.37. The topological polar surface area (TPSA) is 63.9 Å². The van der Waals surface area contributed by atoms with E-state index in [1.54, 1.807) is 13.3 Å².